The van der Waals surface area contributed by atoms with Crippen LogP contribution in [0, 0.1) is 17.8 Å². The summed E-state index contributed by atoms with van der Waals surface area (Å²) in [5.41, 5.74) is 0. The lowest BCUT2D eigenvalue weighted by Gasteiger charge is -2.23. The third-order valence-electron chi connectivity index (χ3n) is 3.11. The minimum atomic E-state index is -0.697. The summed E-state index contributed by atoms with van der Waals surface area (Å²) in [6.07, 6.45) is 1.61. The number of hydrogen-bond donors (Lipinski definition) is 0. The van der Waals surface area contributed by atoms with E-state index in [2.05, 4.69) is 0 Å². The molecule has 0 aliphatic heterocycles. The predicted molar refractivity (Wildman–Crippen MR) is 63.5 cm³/mol. The molecule has 0 amide bonds. The molecule has 1 aliphatic carbocycles. The van der Waals surface area contributed by atoms with Crippen molar-refractivity contribution in [2.75, 3.05) is 13.7 Å². The fraction of sp³-hybridized carbons (Fsp3) is 0.846. The topological polar surface area (TPSA) is 52.6 Å². The Kier molecular flexibility index (Phi) is 5.12. The van der Waals surface area contributed by atoms with Crippen molar-refractivity contribution in [3.63, 3.8) is 0 Å². The first-order valence-corrected chi connectivity index (χ1v) is 6.26. The van der Waals surface area contributed by atoms with Crippen LogP contribution in [-0.4, -0.2) is 31.6 Å². The van der Waals surface area contributed by atoms with E-state index in [9.17, 15) is 9.59 Å². The molecule has 4 nitrogen and oxygen atoms in total. The lowest BCUT2D eigenvalue weighted by Crippen LogP contribution is -2.39. The van der Waals surface area contributed by atoms with Crippen molar-refractivity contribution in [2.24, 2.45) is 17.8 Å². The quantitative estimate of drug-likeness (QED) is 0.504. The van der Waals surface area contributed by atoms with Crippen molar-refractivity contribution < 1.29 is 19.1 Å². The molecule has 0 heterocycles. The van der Waals surface area contributed by atoms with Gasteiger partial charge in [-0.05, 0) is 31.6 Å². The minimum Gasteiger partial charge on any atom is -0.468 e. The molecule has 1 aliphatic rings. The first kappa shape index (κ1) is 14.2. The predicted octanol–water partition coefficient (Wildman–Crippen LogP) is 1.82. The summed E-state index contributed by atoms with van der Waals surface area (Å²) in [7, 11) is 1.32. The average molecular weight is 242 g/mol. The summed E-state index contributed by atoms with van der Waals surface area (Å²) < 4.78 is 10.2. The van der Waals surface area contributed by atoms with Crippen molar-refractivity contribution >= 4 is 11.8 Å². The molecule has 1 fully saturated rings. The van der Waals surface area contributed by atoms with E-state index in [1.54, 1.807) is 0 Å². The molecule has 98 valence electrons. The number of methoxy groups -OCH3 is 1. The van der Waals surface area contributed by atoms with E-state index in [0.29, 0.717) is 12.5 Å². The SMILES string of the molecule is CCOC(C(=O)C(C(=O)OC)C(C)C)C1CC1. The highest BCUT2D eigenvalue weighted by molar-refractivity contribution is 6.01. The van der Waals surface area contributed by atoms with Gasteiger partial charge in [-0.1, -0.05) is 13.8 Å². The van der Waals surface area contributed by atoms with Crippen LogP contribution in [0.3, 0.4) is 0 Å². The van der Waals surface area contributed by atoms with Gasteiger partial charge in [0.05, 0.1) is 7.11 Å². The van der Waals surface area contributed by atoms with E-state index < -0.39 is 18.0 Å². The second-order valence-electron chi connectivity index (χ2n) is 4.86. The lowest BCUT2D eigenvalue weighted by molar-refractivity contribution is -0.155. The number of rotatable bonds is 7. The van der Waals surface area contributed by atoms with Crippen molar-refractivity contribution in [3.8, 4) is 0 Å². The highest BCUT2D eigenvalue weighted by Crippen LogP contribution is 2.36. The van der Waals surface area contributed by atoms with Crippen molar-refractivity contribution in [3.05, 3.63) is 0 Å². The molecule has 0 radical (unpaired) electrons. The normalized spacial score (nSPS) is 18.9. The Labute approximate surface area is 103 Å². The Morgan fingerprint density at radius 1 is 1.29 bits per heavy atom. The van der Waals surface area contributed by atoms with E-state index >= 15 is 0 Å². The molecule has 0 saturated heterocycles. The number of carbonyl (C=O) groups excluding carboxylic acids is 2. The number of ketones is 1. The summed E-state index contributed by atoms with van der Waals surface area (Å²) in [5.74, 6) is -1.02. The van der Waals surface area contributed by atoms with Gasteiger partial charge < -0.3 is 9.47 Å². The summed E-state index contributed by atoms with van der Waals surface area (Å²) in [4.78, 5) is 24.0. The van der Waals surface area contributed by atoms with Gasteiger partial charge in [0.25, 0.3) is 0 Å². The molecular formula is C13H22O4. The summed E-state index contributed by atoms with van der Waals surface area (Å²) in [5, 5.41) is 0. The van der Waals surface area contributed by atoms with Gasteiger partial charge in [-0.2, -0.15) is 0 Å². The van der Waals surface area contributed by atoms with Gasteiger partial charge in [0, 0.05) is 6.61 Å². The zero-order chi connectivity index (χ0) is 13.0. The van der Waals surface area contributed by atoms with Crippen LogP contribution in [0.4, 0.5) is 0 Å². The first-order chi connectivity index (χ1) is 8.02. The van der Waals surface area contributed by atoms with E-state index in [0.717, 1.165) is 12.8 Å². The lowest BCUT2D eigenvalue weighted by atomic mass is 9.87. The monoisotopic (exact) mass is 242 g/mol. The summed E-state index contributed by atoms with van der Waals surface area (Å²) in [6, 6.07) is 0. The van der Waals surface area contributed by atoms with Gasteiger partial charge >= 0.3 is 5.97 Å². The third kappa shape index (κ3) is 3.53. The van der Waals surface area contributed by atoms with Gasteiger partial charge in [-0.15, -0.1) is 0 Å². The number of ether oxygens (including phenoxy) is 2. The van der Waals surface area contributed by atoms with E-state index in [1.807, 2.05) is 20.8 Å². The minimum absolute atomic E-state index is 0.0587. The van der Waals surface area contributed by atoms with Crippen LogP contribution in [0.1, 0.15) is 33.6 Å². The van der Waals surface area contributed by atoms with Crippen LogP contribution < -0.4 is 0 Å². The molecular weight excluding hydrogens is 220 g/mol. The standard InChI is InChI=1S/C13H22O4/c1-5-17-12(9-6-7-9)11(14)10(8(2)3)13(15)16-4/h8-10,12H,5-7H2,1-4H3. The van der Waals surface area contributed by atoms with Crippen LogP contribution in [0.2, 0.25) is 0 Å². The van der Waals surface area contributed by atoms with Gasteiger partial charge in [0.1, 0.15) is 12.0 Å². The fourth-order valence-corrected chi connectivity index (χ4v) is 2.05. The zero-order valence-corrected chi connectivity index (χ0v) is 11.1. The van der Waals surface area contributed by atoms with Crippen LogP contribution >= 0.6 is 0 Å². The van der Waals surface area contributed by atoms with Crippen molar-refractivity contribution in [1.82, 2.24) is 0 Å². The number of Topliss-reactive ketones (excluding diaryl/α,β-unsaturated/α-hetero) is 1. The van der Waals surface area contributed by atoms with E-state index in [1.165, 1.54) is 7.11 Å². The molecule has 0 spiro atoms. The molecule has 2 unspecified atom stereocenters. The van der Waals surface area contributed by atoms with Crippen LogP contribution in [0.25, 0.3) is 0 Å². The van der Waals surface area contributed by atoms with Crippen LogP contribution in [-0.2, 0) is 19.1 Å². The Balaban J connectivity index is 2.77. The Morgan fingerprint density at radius 3 is 2.24 bits per heavy atom. The Morgan fingerprint density at radius 2 is 1.88 bits per heavy atom. The zero-order valence-electron chi connectivity index (χ0n) is 11.1. The highest BCUT2D eigenvalue weighted by atomic mass is 16.5. The molecule has 1 rings (SSSR count). The molecule has 17 heavy (non-hydrogen) atoms. The molecule has 0 aromatic rings. The van der Waals surface area contributed by atoms with Crippen LogP contribution in [0.15, 0.2) is 0 Å². The Hall–Kier alpha value is -0.900. The average Bonchev–Trinajstić information content (AvgIpc) is 3.08. The fourth-order valence-electron chi connectivity index (χ4n) is 2.05. The highest BCUT2D eigenvalue weighted by Gasteiger charge is 2.43. The van der Waals surface area contributed by atoms with E-state index in [4.69, 9.17) is 9.47 Å². The second kappa shape index (κ2) is 6.15. The summed E-state index contributed by atoms with van der Waals surface area (Å²) >= 11 is 0. The van der Waals surface area contributed by atoms with Gasteiger partial charge in [0.15, 0.2) is 5.78 Å². The van der Waals surface area contributed by atoms with Crippen LogP contribution in [0.5, 0.6) is 0 Å². The molecule has 2 atom stereocenters. The van der Waals surface area contributed by atoms with Gasteiger partial charge in [0.2, 0.25) is 0 Å². The largest absolute Gasteiger partial charge is 0.468 e. The Bertz CT molecular complexity index is 281. The second-order valence-corrected chi connectivity index (χ2v) is 4.86. The molecule has 0 aromatic carbocycles. The van der Waals surface area contributed by atoms with Crippen molar-refractivity contribution in [1.29, 1.82) is 0 Å². The maximum atomic E-state index is 12.3. The first-order valence-electron chi connectivity index (χ1n) is 6.26. The smallest absolute Gasteiger partial charge is 0.316 e. The maximum absolute atomic E-state index is 12.3. The number of hydrogen-bond acceptors (Lipinski definition) is 4. The molecule has 4 heteroatoms. The van der Waals surface area contributed by atoms with E-state index in [-0.39, 0.29) is 11.7 Å². The number of carbonyl (C=O) groups is 2. The molecule has 0 bridgehead atoms. The molecule has 1 saturated carbocycles. The maximum Gasteiger partial charge on any atom is 0.316 e. The summed E-state index contributed by atoms with van der Waals surface area (Å²) in [6.45, 7) is 6.08. The molecule has 0 aromatic heterocycles. The van der Waals surface area contributed by atoms with Crippen molar-refractivity contribution in [2.45, 2.75) is 39.7 Å². The third-order valence-corrected chi connectivity index (χ3v) is 3.11. The molecule has 0 N–H and O–H groups in total. The van der Waals surface area contributed by atoms with Gasteiger partial charge in [-0.25, -0.2) is 0 Å². The van der Waals surface area contributed by atoms with Gasteiger partial charge in [-0.3, -0.25) is 9.59 Å². The number of esters is 1.